The molecule has 0 atom stereocenters. The van der Waals surface area contributed by atoms with Crippen molar-refractivity contribution in [3.8, 4) is 6.07 Å². The molecule has 7 nitrogen and oxygen atoms in total. The van der Waals surface area contributed by atoms with Crippen LogP contribution in [0.5, 0.6) is 0 Å². The first-order chi connectivity index (χ1) is 7.56. The smallest absolute Gasteiger partial charge is 0.395 e. The third-order valence-electron chi connectivity index (χ3n) is 1.89. The number of nitriles is 1. The molecule has 0 saturated carbocycles. The van der Waals surface area contributed by atoms with Crippen LogP contribution in [0.1, 0.15) is 17.0 Å². The Morgan fingerprint density at radius 3 is 2.88 bits per heavy atom. The van der Waals surface area contributed by atoms with E-state index in [0.717, 1.165) is 6.07 Å². The maximum Gasteiger partial charge on any atom is 0.433 e. The third-order valence-corrected chi connectivity index (χ3v) is 1.89. The fourth-order valence-electron chi connectivity index (χ4n) is 1.05. The Labute approximate surface area is 91.0 Å². The van der Waals surface area contributed by atoms with Crippen molar-refractivity contribution in [3.05, 3.63) is 28.0 Å². The highest BCUT2D eigenvalue weighted by molar-refractivity contribution is 5.91. The Morgan fingerprint density at radius 1 is 1.69 bits per heavy atom. The summed E-state index contributed by atoms with van der Waals surface area (Å²) < 4.78 is 4.73. The van der Waals surface area contributed by atoms with E-state index in [1.165, 1.54) is 18.0 Å². The standard InChI is InChI=1S/C9H9N3O4/c1-11(6-2-5-10)9(13)7-3-4-8(16-7)12(14)15/h3-4H,2,6H2,1H3. The molecule has 1 aromatic rings. The summed E-state index contributed by atoms with van der Waals surface area (Å²) >= 11 is 0. The molecule has 0 aliphatic rings. The molecule has 1 heterocycles. The van der Waals surface area contributed by atoms with Crippen molar-refractivity contribution in [2.45, 2.75) is 6.42 Å². The van der Waals surface area contributed by atoms with Gasteiger partial charge in [-0.3, -0.25) is 14.9 Å². The fraction of sp³-hybridized carbons (Fsp3) is 0.333. The van der Waals surface area contributed by atoms with Crippen LogP contribution in [0.2, 0.25) is 0 Å². The predicted octanol–water partition coefficient (Wildman–Crippen LogP) is 1.17. The molecule has 0 unspecified atom stereocenters. The first kappa shape index (κ1) is 11.7. The number of hydrogen-bond acceptors (Lipinski definition) is 5. The van der Waals surface area contributed by atoms with Crippen LogP contribution in [-0.4, -0.2) is 29.3 Å². The first-order valence-electron chi connectivity index (χ1n) is 4.43. The van der Waals surface area contributed by atoms with Crippen LogP contribution in [0.15, 0.2) is 16.5 Å². The first-order valence-corrected chi connectivity index (χ1v) is 4.43. The minimum Gasteiger partial charge on any atom is -0.395 e. The van der Waals surface area contributed by atoms with Crippen molar-refractivity contribution in [1.82, 2.24) is 4.90 Å². The molecule has 16 heavy (non-hydrogen) atoms. The lowest BCUT2D eigenvalue weighted by Crippen LogP contribution is -2.27. The number of carbonyl (C=O) groups excluding carboxylic acids is 1. The van der Waals surface area contributed by atoms with Crippen LogP contribution < -0.4 is 0 Å². The second-order valence-corrected chi connectivity index (χ2v) is 3.03. The Balaban J connectivity index is 2.73. The normalized spacial score (nSPS) is 9.50. The minimum atomic E-state index is -0.716. The highest BCUT2D eigenvalue weighted by Gasteiger charge is 2.19. The highest BCUT2D eigenvalue weighted by atomic mass is 16.6. The van der Waals surface area contributed by atoms with E-state index < -0.39 is 16.7 Å². The number of rotatable bonds is 4. The van der Waals surface area contributed by atoms with Crippen LogP contribution in [-0.2, 0) is 0 Å². The summed E-state index contributed by atoms with van der Waals surface area (Å²) in [7, 11) is 1.49. The van der Waals surface area contributed by atoms with E-state index in [4.69, 9.17) is 9.68 Å². The molecular weight excluding hydrogens is 214 g/mol. The average molecular weight is 223 g/mol. The van der Waals surface area contributed by atoms with E-state index in [2.05, 4.69) is 0 Å². The van der Waals surface area contributed by atoms with E-state index >= 15 is 0 Å². The highest BCUT2D eigenvalue weighted by Crippen LogP contribution is 2.16. The topological polar surface area (TPSA) is 100 Å². The van der Waals surface area contributed by atoms with Gasteiger partial charge in [-0.1, -0.05) is 0 Å². The second-order valence-electron chi connectivity index (χ2n) is 3.03. The van der Waals surface area contributed by atoms with Gasteiger partial charge in [-0.25, -0.2) is 0 Å². The zero-order valence-electron chi connectivity index (χ0n) is 8.54. The lowest BCUT2D eigenvalue weighted by molar-refractivity contribution is -0.402. The van der Waals surface area contributed by atoms with Crippen molar-refractivity contribution in [2.24, 2.45) is 0 Å². The fourth-order valence-corrected chi connectivity index (χ4v) is 1.05. The summed E-state index contributed by atoms with van der Waals surface area (Å²) in [6.07, 6.45) is 0.199. The summed E-state index contributed by atoms with van der Waals surface area (Å²) in [4.78, 5) is 22.5. The molecule has 7 heteroatoms. The number of amides is 1. The van der Waals surface area contributed by atoms with Crippen LogP contribution in [0.4, 0.5) is 5.88 Å². The largest absolute Gasteiger partial charge is 0.433 e. The SMILES string of the molecule is CN(CCC#N)C(=O)c1ccc([N+](=O)[O-])o1. The van der Waals surface area contributed by atoms with Gasteiger partial charge in [-0.05, 0) is 6.07 Å². The van der Waals surface area contributed by atoms with Crippen LogP contribution in [0.3, 0.4) is 0 Å². The summed E-state index contributed by atoms with van der Waals surface area (Å²) in [6.45, 7) is 0.254. The van der Waals surface area contributed by atoms with Gasteiger partial charge in [-0.2, -0.15) is 5.26 Å². The predicted molar refractivity (Wildman–Crippen MR) is 52.6 cm³/mol. The van der Waals surface area contributed by atoms with E-state index in [1.807, 2.05) is 6.07 Å². The number of carbonyl (C=O) groups is 1. The maximum absolute atomic E-state index is 11.6. The third kappa shape index (κ3) is 2.57. The zero-order valence-corrected chi connectivity index (χ0v) is 8.54. The van der Waals surface area contributed by atoms with Crippen LogP contribution in [0, 0.1) is 21.4 Å². The average Bonchev–Trinajstić information content (AvgIpc) is 2.74. The molecule has 0 radical (unpaired) electrons. The number of nitrogens with zero attached hydrogens (tertiary/aromatic N) is 3. The Morgan fingerprint density at radius 2 is 2.38 bits per heavy atom. The van der Waals surface area contributed by atoms with E-state index in [9.17, 15) is 14.9 Å². The van der Waals surface area contributed by atoms with Crippen molar-refractivity contribution >= 4 is 11.8 Å². The Bertz CT molecular complexity index is 446. The Hall–Kier alpha value is -2.36. The molecule has 0 aromatic carbocycles. The summed E-state index contributed by atoms with van der Waals surface area (Å²) in [5.41, 5.74) is 0. The van der Waals surface area contributed by atoms with Gasteiger partial charge >= 0.3 is 5.88 Å². The van der Waals surface area contributed by atoms with Crippen LogP contribution >= 0.6 is 0 Å². The van der Waals surface area contributed by atoms with Crippen LogP contribution in [0.25, 0.3) is 0 Å². The summed E-state index contributed by atoms with van der Waals surface area (Å²) in [6, 6.07) is 4.25. The lowest BCUT2D eigenvalue weighted by atomic mass is 10.3. The van der Waals surface area contributed by atoms with Gasteiger partial charge in [0.25, 0.3) is 5.91 Å². The number of hydrogen-bond donors (Lipinski definition) is 0. The summed E-state index contributed by atoms with van der Waals surface area (Å²) in [5, 5.41) is 18.7. The molecule has 1 amide bonds. The Kier molecular flexibility index (Phi) is 3.61. The van der Waals surface area contributed by atoms with Gasteiger partial charge in [0.15, 0.2) is 5.76 Å². The molecule has 0 saturated heterocycles. The van der Waals surface area contributed by atoms with Crippen molar-refractivity contribution < 1.29 is 14.1 Å². The molecular formula is C9H9N3O4. The molecule has 0 bridgehead atoms. The quantitative estimate of drug-likeness (QED) is 0.563. The molecule has 0 aliphatic carbocycles. The second kappa shape index (κ2) is 4.93. The van der Waals surface area contributed by atoms with Gasteiger partial charge in [0, 0.05) is 13.6 Å². The van der Waals surface area contributed by atoms with Gasteiger partial charge in [-0.15, -0.1) is 0 Å². The molecule has 1 rings (SSSR count). The van der Waals surface area contributed by atoms with Gasteiger partial charge in [0.05, 0.1) is 18.6 Å². The van der Waals surface area contributed by atoms with Crippen molar-refractivity contribution in [2.75, 3.05) is 13.6 Å². The maximum atomic E-state index is 11.6. The monoisotopic (exact) mass is 223 g/mol. The number of furan rings is 1. The molecule has 0 fully saturated rings. The van der Waals surface area contributed by atoms with E-state index in [-0.39, 0.29) is 18.7 Å². The van der Waals surface area contributed by atoms with E-state index in [0.29, 0.717) is 0 Å². The lowest BCUT2D eigenvalue weighted by Gasteiger charge is -2.12. The van der Waals surface area contributed by atoms with Gasteiger partial charge in [0.2, 0.25) is 0 Å². The zero-order chi connectivity index (χ0) is 12.1. The van der Waals surface area contributed by atoms with E-state index in [1.54, 1.807) is 0 Å². The molecule has 84 valence electrons. The van der Waals surface area contributed by atoms with Gasteiger partial charge < -0.3 is 9.32 Å². The minimum absolute atomic E-state index is 0.105. The molecule has 0 N–H and O–H groups in total. The molecule has 0 spiro atoms. The summed E-state index contributed by atoms with van der Waals surface area (Å²) in [5.74, 6) is -1.06. The van der Waals surface area contributed by atoms with Crippen molar-refractivity contribution in [3.63, 3.8) is 0 Å². The van der Waals surface area contributed by atoms with Crippen molar-refractivity contribution in [1.29, 1.82) is 5.26 Å². The number of nitro groups is 1. The molecule has 1 aromatic heterocycles. The van der Waals surface area contributed by atoms with Gasteiger partial charge in [0.1, 0.15) is 4.92 Å². The molecule has 0 aliphatic heterocycles.